The van der Waals surface area contributed by atoms with Crippen LogP contribution in [-0.2, 0) is 28.6 Å². The molecule has 0 N–H and O–H groups in total. The summed E-state index contributed by atoms with van der Waals surface area (Å²) >= 11 is 0. The van der Waals surface area contributed by atoms with Crippen LogP contribution in [0.2, 0.25) is 0 Å². The predicted octanol–water partition coefficient (Wildman–Crippen LogP) is 19.7. The predicted molar refractivity (Wildman–Crippen MR) is 289 cm³/mol. The van der Waals surface area contributed by atoms with Crippen LogP contribution in [0.4, 0.5) is 0 Å². The van der Waals surface area contributed by atoms with Gasteiger partial charge in [-0.2, -0.15) is 0 Å². The van der Waals surface area contributed by atoms with Crippen LogP contribution in [-0.4, -0.2) is 37.2 Å². The first-order valence-corrected chi connectivity index (χ1v) is 29.5. The van der Waals surface area contributed by atoms with Gasteiger partial charge in [-0.3, -0.25) is 14.4 Å². The van der Waals surface area contributed by atoms with Gasteiger partial charge in [-0.1, -0.05) is 256 Å². The smallest absolute Gasteiger partial charge is 0.306 e. The lowest BCUT2D eigenvalue weighted by molar-refractivity contribution is -0.167. The molecule has 0 aliphatic carbocycles. The maximum atomic E-state index is 12.9. The number of carbonyl (C=O) groups excluding carboxylic acids is 3. The van der Waals surface area contributed by atoms with E-state index in [1.54, 1.807) is 0 Å². The van der Waals surface area contributed by atoms with Gasteiger partial charge in [0.2, 0.25) is 0 Å². The molecule has 0 saturated carbocycles. The minimum atomic E-state index is -0.780. The molecule has 0 amide bonds. The minimum absolute atomic E-state index is 0.0764. The molecular formula is C61H112O6. The molecule has 0 rings (SSSR count). The van der Waals surface area contributed by atoms with Gasteiger partial charge in [0, 0.05) is 19.3 Å². The first kappa shape index (κ1) is 64.6. The second kappa shape index (κ2) is 56.2. The average molecular weight is 942 g/mol. The summed E-state index contributed by atoms with van der Waals surface area (Å²) in [6, 6.07) is 0. The highest BCUT2D eigenvalue weighted by Gasteiger charge is 2.19. The monoisotopic (exact) mass is 941 g/mol. The maximum Gasteiger partial charge on any atom is 0.306 e. The number of ether oxygens (including phenoxy) is 3. The van der Waals surface area contributed by atoms with Crippen molar-refractivity contribution in [3.05, 3.63) is 36.5 Å². The topological polar surface area (TPSA) is 78.9 Å². The number of allylic oxidation sites excluding steroid dienone is 6. The lowest BCUT2D eigenvalue weighted by Gasteiger charge is -2.18. The van der Waals surface area contributed by atoms with E-state index in [9.17, 15) is 14.4 Å². The average Bonchev–Trinajstić information content (AvgIpc) is 3.33. The molecule has 6 nitrogen and oxygen atoms in total. The zero-order chi connectivity index (χ0) is 48.6. The van der Waals surface area contributed by atoms with Crippen molar-refractivity contribution in [1.29, 1.82) is 0 Å². The molecule has 67 heavy (non-hydrogen) atoms. The van der Waals surface area contributed by atoms with Crippen LogP contribution in [0.25, 0.3) is 0 Å². The molecule has 1 unspecified atom stereocenters. The third-order valence-electron chi connectivity index (χ3n) is 13.1. The number of hydrogen-bond acceptors (Lipinski definition) is 6. The molecule has 0 aromatic rings. The van der Waals surface area contributed by atoms with E-state index in [-0.39, 0.29) is 31.1 Å². The van der Waals surface area contributed by atoms with E-state index in [2.05, 4.69) is 57.2 Å². The van der Waals surface area contributed by atoms with Gasteiger partial charge in [0.15, 0.2) is 6.10 Å². The zero-order valence-corrected chi connectivity index (χ0v) is 44.9. The van der Waals surface area contributed by atoms with E-state index < -0.39 is 6.10 Å². The highest BCUT2D eigenvalue weighted by molar-refractivity contribution is 5.71. The number of rotatable bonds is 54. The summed E-state index contributed by atoms with van der Waals surface area (Å²) in [5.41, 5.74) is 0. The lowest BCUT2D eigenvalue weighted by Crippen LogP contribution is -2.30. The molecule has 0 saturated heterocycles. The van der Waals surface area contributed by atoms with E-state index in [0.29, 0.717) is 19.3 Å². The largest absolute Gasteiger partial charge is 0.462 e. The highest BCUT2D eigenvalue weighted by atomic mass is 16.6. The maximum absolute atomic E-state index is 12.9. The van der Waals surface area contributed by atoms with Crippen molar-refractivity contribution >= 4 is 17.9 Å². The summed E-state index contributed by atoms with van der Waals surface area (Å²) < 4.78 is 16.9. The molecule has 0 aromatic heterocycles. The summed E-state index contributed by atoms with van der Waals surface area (Å²) in [4.78, 5) is 38.2. The number of esters is 3. The first-order chi connectivity index (χ1) is 33.0. The van der Waals surface area contributed by atoms with Gasteiger partial charge in [0.1, 0.15) is 13.2 Å². The van der Waals surface area contributed by atoms with E-state index >= 15 is 0 Å². The Morgan fingerprint density at radius 3 is 0.881 bits per heavy atom. The van der Waals surface area contributed by atoms with Gasteiger partial charge in [-0.25, -0.2) is 0 Å². The van der Waals surface area contributed by atoms with Gasteiger partial charge in [0.25, 0.3) is 0 Å². The van der Waals surface area contributed by atoms with Gasteiger partial charge < -0.3 is 14.2 Å². The Morgan fingerprint density at radius 1 is 0.299 bits per heavy atom. The van der Waals surface area contributed by atoms with Gasteiger partial charge in [-0.05, 0) is 77.0 Å². The SMILES string of the molecule is CCCCC/C=C\C/C=C\CCCCCCCCCC(=O)OC(COC(=O)CCCCC/C=C\CCCCCCCCC)COC(=O)CCCCCCCCCCCCCCCCCCCC. The molecule has 0 aromatic carbocycles. The summed E-state index contributed by atoms with van der Waals surface area (Å²) in [6.45, 7) is 6.64. The van der Waals surface area contributed by atoms with E-state index in [1.807, 2.05) is 0 Å². The fraction of sp³-hybridized carbons (Fsp3) is 0.852. The van der Waals surface area contributed by atoms with E-state index in [4.69, 9.17) is 14.2 Å². The molecule has 0 aliphatic heterocycles. The van der Waals surface area contributed by atoms with Gasteiger partial charge in [-0.15, -0.1) is 0 Å². The van der Waals surface area contributed by atoms with Crippen molar-refractivity contribution in [3.63, 3.8) is 0 Å². The molecule has 0 bridgehead atoms. The molecule has 6 heteroatoms. The van der Waals surface area contributed by atoms with Crippen LogP contribution >= 0.6 is 0 Å². The molecular weight excluding hydrogens is 829 g/mol. The summed E-state index contributed by atoms with van der Waals surface area (Å²) in [6.07, 6.45) is 67.0. The standard InChI is InChI=1S/C61H112O6/c1-4-7-10-13-16-19-22-25-28-30-32-33-36-39-42-45-48-51-54-60(63)66-57-58(56-65-59(62)53-50-47-44-41-38-35-27-24-21-18-15-12-9-6-3)67-61(64)55-52-49-46-43-40-37-34-31-29-26-23-20-17-14-11-8-5-2/h17,20,26,29,35,38,58H,4-16,18-19,21-25,27-28,30-34,36-37,39-57H2,1-3H3/b20-17-,29-26-,38-35-. The van der Waals surface area contributed by atoms with Crippen LogP contribution in [0.1, 0.15) is 316 Å². The van der Waals surface area contributed by atoms with Gasteiger partial charge in [0.05, 0.1) is 0 Å². The summed E-state index contributed by atoms with van der Waals surface area (Å²) in [5.74, 6) is -0.883. The first-order valence-electron chi connectivity index (χ1n) is 29.5. The second-order valence-electron chi connectivity index (χ2n) is 19.9. The normalized spacial score (nSPS) is 12.2. The van der Waals surface area contributed by atoms with Crippen LogP contribution in [0, 0.1) is 0 Å². The number of carbonyl (C=O) groups is 3. The molecule has 1 atom stereocenters. The molecule has 0 aliphatic rings. The highest BCUT2D eigenvalue weighted by Crippen LogP contribution is 2.17. The van der Waals surface area contributed by atoms with Crippen molar-refractivity contribution in [2.75, 3.05) is 13.2 Å². The fourth-order valence-electron chi connectivity index (χ4n) is 8.65. The van der Waals surface area contributed by atoms with E-state index in [0.717, 1.165) is 83.5 Å². The Hall–Kier alpha value is -2.37. The lowest BCUT2D eigenvalue weighted by atomic mass is 10.0. The third-order valence-corrected chi connectivity index (χ3v) is 13.1. The van der Waals surface area contributed by atoms with Crippen molar-refractivity contribution in [3.8, 4) is 0 Å². The van der Waals surface area contributed by atoms with Crippen molar-refractivity contribution in [2.24, 2.45) is 0 Å². The third kappa shape index (κ3) is 54.4. The van der Waals surface area contributed by atoms with E-state index in [1.165, 1.54) is 193 Å². The fourth-order valence-corrected chi connectivity index (χ4v) is 8.65. The number of hydrogen-bond donors (Lipinski definition) is 0. The minimum Gasteiger partial charge on any atom is -0.462 e. The van der Waals surface area contributed by atoms with Crippen molar-refractivity contribution in [1.82, 2.24) is 0 Å². The van der Waals surface area contributed by atoms with Crippen LogP contribution in [0.3, 0.4) is 0 Å². The Morgan fingerprint density at radius 2 is 0.537 bits per heavy atom. The van der Waals surface area contributed by atoms with Crippen molar-refractivity contribution in [2.45, 2.75) is 322 Å². The Kier molecular flexibility index (Phi) is 54.2. The molecule has 0 spiro atoms. The number of unbranched alkanes of at least 4 members (excludes halogenated alkanes) is 37. The summed E-state index contributed by atoms with van der Waals surface area (Å²) in [7, 11) is 0. The van der Waals surface area contributed by atoms with Crippen LogP contribution < -0.4 is 0 Å². The Labute approximate surface area is 416 Å². The van der Waals surface area contributed by atoms with Gasteiger partial charge >= 0.3 is 17.9 Å². The zero-order valence-electron chi connectivity index (χ0n) is 44.9. The molecule has 0 heterocycles. The quantitative estimate of drug-likeness (QED) is 0.0262. The Bertz CT molecular complexity index is 1130. The molecule has 0 radical (unpaired) electrons. The second-order valence-corrected chi connectivity index (χ2v) is 19.9. The van der Waals surface area contributed by atoms with Crippen LogP contribution in [0.5, 0.6) is 0 Å². The summed E-state index contributed by atoms with van der Waals surface area (Å²) in [5, 5.41) is 0. The molecule has 0 fully saturated rings. The van der Waals surface area contributed by atoms with Crippen molar-refractivity contribution < 1.29 is 28.6 Å². The Balaban J connectivity index is 4.35. The van der Waals surface area contributed by atoms with Crippen LogP contribution in [0.15, 0.2) is 36.5 Å². The molecule has 392 valence electrons.